The van der Waals surface area contributed by atoms with Gasteiger partial charge in [-0.15, -0.1) is 6.07 Å². The Morgan fingerprint density at radius 3 is 2.36 bits per heavy atom. The molecule has 0 spiro atoms. The van der Waals surface area contributed by atoms with Gasteiger partial charge in [0.2, 0.25) is 6.33 Å². The molecule has 0 saturated carbocycles. The Balaban J connectivity index is 0.00000357. The van der Waals surface area contributed by atoms with Crippen molar-refractivity contribution >= 4 is 51.4 Å². The number of rotatable bonds is 5. The van der Waals surface area contributed by atoms with Crippen molar-refractivity contribution in [2.45, 2.75) is 58.7 Å². The molecule has 7 rings (SSSR count). The second kappa shape index (κ2) is 11.2. The van der Waals surface area contributed by atoms with Crippen molar-refractivity contribution < 1.29 is 30.0 Å². The molecule has 0 aliphatic rings. The molecule has 0 aliphatic heterocycles. The second-order valence-electron chi connectivity index (χ2n) is 13.8. The number of para-hydroxylation sites is 3. The standard InChI is InChI=1S/C39H37N3OSi.Pt/c1-38(2,3)27-21-22-40-37(23-27)39(4,5)42-26-41(33-16-9-10-17-34(33)42)28-13-12-14-29(24-28)44(6,7)30-19-20-32-31-15-8-11-18-35(31)43-36(32)25-30;/h8-18,20-23,25H,1-7H3;/q-2;. The van der Waals surface area contributed by atoms with Crippen LogP contribution in [0.1, 0.15) is 45.9 Å². The maximum Gasteiger partial charge on any atom is 0.243 e. The van der Waals surface area contributed by atoms with E-state index in [9.17, 15) is 0 Å². The molecule has 0 fully saturated rings. The first kappa shape index (κ1) is 31.2. The van der Waals surface area contributed by atoms with Crippen LogP contribution in [0.2, 0.25) is 13.1 Å². The fraction of sp³-hybridized carbons (Fsp3) is 0.231. The summed E-state index contributed by atoms with van der Waals surface area (Å²) in [5.74, 6) is 0. The molecule has 3 aromatic heterocycles. The van der Waals surface area contributed by atoms with Gasteiger partial charge in [-0.2, -0.15) is 46.8 Å². The van der Waals surface area contributed by atoms with E-state index >= 15 is 0 Å². The zero-order valence-electron chi connectivity index (χ0n) is 26.8. The van der Waals surface area contributed by atoms with Crippen LogP contribution >= 0.6 is 0 Å². The third-order valence-electron chi connectivity index (χ3n) is 9.05. The Morgan fingerprint density at radius 2 is 1.56 bits per heavy atom. The summed E-state index contributed by atoms with van der Waals surface area (Å²) < 4.78 is 10.6. The van der Waals surface area contributed by atoms with Gasteiger partial charge in [-0.25, -0.2) is 0 Å². The molecule has 4 nitrogen and oxygen atoms in total. The normalized spacial score (nSPS) is 12.6. The SMILES string of the molecule is CC(C)(C)c1ccnc(C(C)(C)[n+]2[c-]n(-c3[c-]c([Si](C)(C)c4[c-]cc5c(c4)oc4ccccc45)ccc3)c3ccccc32)c1.[Pt]. The first-order valence-corrected chi connectivity index (χ1v) is 18.2. The number of furan rings is 1. The average molecular weight is 787 g/mol. The van der Waals surface area contributed by atoms with Crippen LogP contribution in [0.25, 0.3) is 38.7 Å². The number of nitrogens with zero attached hydrogens (tertiary/aromatic N) is 3. The van der Waals surface area contributed by atoms with Gasteiger partial charge in [0.05, 0.1) is 24.8 Å². The van der Waals surface area contributed by atoms with Crippen molar-refractivity contribution in [3.8, 4) is 5.69 Å². The van der Waals surface area contributed by atoms with Crippen molar-refractivity contribution in [2.75, 3.05) is 0 Å². The molecule has 0 unspecified atom stereocenters. The van der Waals surface area contributed by atoms with Crippen LogP contribution in [0, 0.1) is 18.5 Å². The zero-order chi connectivity index (χ0) is 30.9. The van der Waals surface area contributed by atoms with Crippen LogP contribution < -0.4 is 14.9 Å². The van der Waals surface area contributed by atoms with Crippen LogP contribution in [-0.2, 0) is 32.0 Å². The van der Waals surface area contributed by atoms with Gasteiger partial charge < -0.3 is 13.6 Å². The summed E-state index contributed by atoms with van der Waals surface area (Å²) >= 11 is 0. The number of benzene rings is 4. The van der Waals surface area contributed by atoms with E-state index in [1.807, 2.05) is 18.3 Å². The van der Waals surface area contributed by atoms with Crippen molar-refractivity contribution in [1.29, 1.82) is 0 Å². The summed E-state index contributed by atoms with van der Waals surface area (Å²) in [6.07, 6.45) is 5.65. The number of fused-ring (bicyclic) bond motifs is 4. The average Bonchev–Trinajstić information content (AvgIpc) is 3.60. The minimum atomic E-state index is -2.18. The predicted octanol–water partition coefficient (Wildman–Crippen LogP) is 7.51. The molecular formula is C39H37N3OPtSi-2. The summed E-state index contributed by atoms with van der Waals surface area (Å²) in [6, 6.07) is 39.3. The van der Waals surface area contributed by atoms with Crippen LogP contribution in [-0.4, -0.2) is 17.6 Å². The molecule has 230 valence electrons. The zero-order valence-corrected chi connectivity index (χ0v) is 30.1. The molecule has 0 aliphatic carbocycles. The Kier molecular flexibility index (Phi) is 7.78. The second-order valence-corrected chi connectivity index (χ2v) is 18.1. The molecule has 45 heavy (non-hydrogen) atoms. The van der Waals surface area contributed by atoms with E-state index in [4.69, 9.17) is 9.40 Å². The topological polar surface area (TPSA) is 34.8 Å². The molecule has 0 N–H and O–H groups in total. The smallest absolute Gasteiger partial charge is 0.243 e. The van der Waals surface area contributed by atoms with E-state index in [-0.39, 0.29) is 26.5 Å². The van der Waals surface area contributed by atoms with Crippen LogP contribution in [0.5, 0.6) is 0 Å². The van der Waals surface area contributed by atoms with Gasteiger partial charge in [0.1, 0.15) is 11.1 Å². The molecule has 4 aromatic carbocycles. The van der Waals surface area contributed by atoms with Crippen LogP contribution in [0.3, 0.4) is 0 Å². The van der Waals surface area contributed by atoms with Gasteiger partial charge >= 0.3 is 0 Å². The van der Waals surface area contributed by atoms with Crippen LogP contribution in [0.15, 0.2) is 102 Å². The van der Waals surface area contributed by atoms with Crippen molar-refractivity contribution in [2.24, 2.45) is 0 Å². The summed E-state index contributed by atoms with van der Waals surface area (Å²) in [7, 11) is -2.18. The Bertz CT molecular complexity index is 2180. The molecule has 0 atom stereocenters. The third-order valence-corrected chi connectivity index (χ3v) is 12.3. The van der Waals surface area contributed by atoms with Crippen molar-refractivity contribution in [3.05, 3.63) is 127 Å². The fourth-order valence-electron chi connectivity index (χ4n) is 6.13. The third kappa shape index (κ3) is 5.30. The first-order chi connectivity index (χ1) is 20.9. The van der Waals surface area contributed by atoms with E-state index in [1.54, 1.807) is 0 Å². The monoisotopic (exact) mass is 786 g/mol. The largest absolute Gasteiger partial charge is 0.483 e. The molecule has 0 bridgehead atoms. The van der Waals surface area contributed by atoms with Gasteiger partial charge in [-0.3, -0.25) is 4.98 Å². The molecule has 0 amide bonds. The van der Waals surface area contributed by atoms with Crippen molar-refractivity contribution in [1.82, 2.24) is 9.55 Å². The molecule has 0 radical (unpaired) electrons. The van der Waals surface area contributed by atoms with E-state index in [1.165, 1.54) is 15.9 Å². The Labute approximate surface area is 281 Å². The van der Waals surface area contributed by atoms with E-state index in [2.05, 4.69) is 154 Å². The minimum absolute atomic E-state index is 0. The number of aromatic nitrogens is 3. The number of hydrogen-bond donors (Lipinski definition) is 0. The molecule has 7 aromatic rings. The van der Waals surface area contributed by atoms with E-state index in [0.717, 1.165) is 44.4 Å². The summed E-state index contributed by atoms with van der Waals surface area (Å²) in [5.41, 5.74) is 6.85. The van der Waals surface area contributed by atoms with E-state index in [0.29, 0.717) is 0 Å². The minimum Gasteiger partial charge on any atom is -0.483 e. The summed E-state index contributed by atoms with van der Waals surface area (Å²) in [6.45, 7) is 15.9. The number of hydrogen-bond acceptors (Lipinski definition) is 2. The fourth-order valence-corrected chi connectivity index (χ4v) is 8.30. The van der Waals surface area contributed by atoms with Crippen LogP contribution in [0.4, 0.5) is 0 Å². The van der Waals surface area contributed by atoms with Gasteiger partial charge in [0.25, 0.3) is 0 Å². The van der Waals surface area contributed by atoms with Gasteiger partial charge in [0, 0.05) is 32.8 Å². The molecule has 3 heterocycles. The number of imidazole rings is 1. The van der Waals surface area contributed by atoms with Crippen molar-refractivity contribution in [3.63, 3.8) is 0 Å². The predicted molar refractivity (Wildman–Crippen MR) is 182 cm³/mol. The quantitative estimate of drug-likeness (QED) is 0.103. The van der Waals surface area contributed by atoms with Gasteiger partial charge in [-0.1, -0.05) is 87.4 Å². The summed E-state index contributed by atoms with van der Waals surface area (Å²) in [4.78, 5) is 4.84. The molecule has 6 heteroatoms. The molecule has 0 saturated heterocycles. The molecular weight excluding hydrogens is 750 g/mol. The summed E-state index contributed by atoms with van der Waals surface area (Å²) in [5, 5.41) is 4.64. The van der Waals surface area contributed by atoms with Gasteiger partial charge in [-0.05, 0) is 48.4 Å². The van der Waals surface area contributed by atoms with Gasteiger partial charge in [0.15, 0.2) is 0 Å². The maximum atomic E-state index is 6.24. The van der Waals surface area contributed by atoms with E-state index < -0.39 is 13.6 Å². The first-order valence-electron chi connectivity index (χ1n) is 15.2. The maximum absolute atomic E-state index is 6.24. The Morgan fingerprint density at radius 1 is 0.800 bits per heavy atom. The number of pyridine rings is 1. The Hall–Kier alpha value is -3.79.